The fourth-order valence-corrected chi connectivity index (χ4v) is 5.27. The number of nitrogens with zero attached hydrogens (tertiary/aromatic N) is 1. The minimum absolute atomic E-state index is 0.0223. The van der Waals surface area contributed by atoms with Crippen molar-refractivity contribution >= 4 is 54.6 Å². The highest BCUT2D eigenvalue weighted by molar-refractivity contribution is 7.92. The predicted molar refractivity (Wildman–Crippen MR) is 137 cm³/mol. The zero-order valence-electron chi connectivity index (χ0n) is 19.1. The molecule has 186 valence electrons. The molecule has 3 aromatic carbocycles. The molecule has 2 N–H and O–H groups in total. The minimum Gasteiger partial charge on any atom is -0.497 e. The van der Waals surface area contributed by atoms with Gasteiger partial charge in [0.2, 0.25) is 15.9 Å². The van der Waals surface area contributed by atoms with Gasteiger partial charge in [0, 0.05) is 10.7 Å². The second-order valence-electron chi connectivity index (χ2n) is 7.56. The maximum absolute atomic E-state index is 12.7. The molecule has 0 radical (unpaired) electrons. The highest BCUT2D eigenvalue weighted by Gasteiger charge is 2.21. The average molecular weight is 538 g/mol. The molecule has 12 heteroatoms. The number of carbonyl (C=O) groups excluding carboxylic acids is 1. The molecule has 3 rings (SSSR count). The van der Waals surface area contributed by atoms with E-state index in [1.54, 1.807) is 37.3 Å². The van der Waals surface area contributed by atoms with Crippen LogP contribution in [0, 0.1) is 6.92 Å². The second kappa shape index (κ2) is 10.5. The van der Waals surface area contributed by atoms with Gasteiger partial charge in [0.1, 0.15) is 12.3 Å². The van der Waals surface area contributed by atoms with E-state index in [2.05, 4.69) is 10.0 Å². The van der Waals surface area contributed by atoms with Crippen LogP contribution in [0.15, 0.2) is 71.6 Å². The molecule has 0 bridgehead atoms. The first-order valence-corrected chi connectivity index (χ1v) is 13.9. The summed E-state index contributed by atoms with van der Waals surface area (Å²) in [5.41, 5.74) is 1.55. The summed E-state index contributed by atoms with van der Waals surface area (Å²) in [4.78, 5) is 12.6. The Morgan fingerprint density at radius 2 is 1.60 bits per heavy atom. The number of rotatable bonds is 9. The standard InChI is InChI=1S/C23H24ClN3O6S2/c1-16-21(24)5-4-6-22(16)26-35(31,32)20-13-7-17(8-14-20)25-23(28)15-27(34(3,29)30)18-9-11-19(33-2)12-10-18/h4-14,26H,15H2,1-3H3,(H,25,28). The number of anilines is 3. The lowest BCUT2D eigenvalue weighted by Crippen LogP contribution is -2.37. The average Bonchev–Trinajstić information content (AvgIpc) is 2.80. The van der Waals surface area contributed by atoms with Gasteiger partial charge in [0.05, 0.1) is 29.6 Å². The lowest BCUT2D eigenvalue weighted by molar-refractivity contribution is -0.114. The van der Waals surface area contributed by atoms with Gasteiger partial charge in [-0.05, 0) is 73.2 Å². The molecular weight excluding hydrogens is 514 g/mol. The maximum atomic E-state index is 12.7. The van der Waals surface area contributed by atoms with Gasteiger partial charge in [-0.25, -0.2) is 16.8 Å². The van der Waals surface area contributed by atoms with Crippen LogP contribution in [-0.4, -0.2) is 42.7 Å². The SMILES string of the molecule is COc1ccc(N(CC(=O)Nc2ccc(S(=O)(=O)Nc3cccc(Cl)c3C)cc2)S(C)(=O)=O)cc1. The number of hydrogen-bond donors (Lipinski definition) is 2. The molecule has 0 fully saturated rings. The van der Waals surface area contributed by atoms with E-state index in [1.807, 2.05) is 0 Å². The van der Waals surface area contributed by atoms with Crippen molar-refractivity contribution in [2.75, 3.05) is 34.3 Å². The molecular formula is C23H24ClN3O6S2. The monoisotopic (exact) mass is 537 g/mol. The minimum atomic E-state index is -3.90. The van der Waals surface area contributed by atoms with Crippen LogP contribution < -0.4 is 19.1 Å². The number of hydrogen-bond acceptors (Lipinski definition) is 6. The topological polar surface area (TPSA) is 122 Å². The zero-order chi connectivity index (χ0) is 25.8. The van der Waals surface area contributed by atoms with E-state index in [1.165, 1.54) is 43.5 Å². The van der Waals surface area contributed by atoms with Crippen molar-refractivity contribution in [3.8, 4) is 5.75 Å². The van der Waals surface area contributed by atoms with E-state index < -0.39 is 32.5 Å². The molecule has 0 aromatic heterocycles. The number of amides is 1. The first-order chi connectivity index (χ1) is 16.4. The van der Waals surface area contributed by atoms with Crippen LogP contribution in [0.2, 0.25) is 5.02 Å². The molecule has 0 atom stereocenters. The van der Waals surface area contributed by atoms with Gasteiger partial charge in [-0.3, -0.25) is 13.8 Å². The molecule has 3 aromatic rings. The number of methoxy groups -OCH3 is 1. The van der Waals surface area contributed by atoms with Crippen LogP contribution in [0.5, 0.6) is 5.75 Å². The van der Waals surface area contributed by atoms with E-state index >= 15 is 0 Å². The highest BCUT2D eigenvalue weighted by atomic mass is 35.5. The molecule has 0 aliphatic rings. The predicted octanol–water partition coefficient (Wildman–Crippen LogP) is 3.86. The van der Waals surface area contributed by atoms with Crippen molar-refractivity contribution in [2.24, 2.45) is 0 Å². The molecule has 0 saturated carbocycles. The molecule has 1 amide bonds. The van der Waals surface area contributed by atoms with Crippen molar-refractivity contribution in [1.82, 2.24) is 0 Å². The van der Waals surface area contributed by atoms with Crippen molar-refractivity contribution in [2.45, 2.75) is 11.8 Å². The van der Waals surface area contributed by atoms with Gasteiger partial charge >= 0.3 is 0 Å². The van der Waals surface area contributed by atoms with Crippen LogP contribution >= 0.6 is 11.6 Å². The van der Waals surface area contributed by atoms with E-state index in [0.717, 1.165) is 10.6 Å². The van der Waals surface area contributed by atoms with Crippen molar-refractivity contribution in [3.05, 3.63) is 77.3 Å². The quantitative estimate of drug-likeness (QED) is 0.427. The number of carbonyl (C=O) groups is 1. The fourth-order valence-electron chi connectivity index (χ4n) is 3.12. The molecule has 0 spiro atoms. The number of sulfonamides is 2. The summed E-state index contributed by atoms with van der Waals surface area (Å²) in [7, 11) is -6.16. The first kappa shape index (κ1) is 26.3. The first-order valence-electron chi connectivity index (χ1n) is 10.2. The fraction of sp³-hybridized carbons (Fsp3) is 0.174. The van der Waals surface area contributed by atoms with Gasteiger partial charge in [-0.1, -0.05) is 17.7 Å². The Balaban J connectivity index is 1.72. The van der Waals surface area contributed by atoms with Crippen LogP contribution in [0.4, 0.5) is 17.1 Å². The molecule has 0 aliphatic heterocycles. The van der Waals surface area contributed by atoms with E-state index in [-0.39, 0.29) is 4.90 Å². The summed E-state index contributed by atoms with van der Waals surface area (Å²) in [5.74, 6) is -0.0590. The van der Waals surface area contributed by atoms with Crippen LogP contribution in [0.3, 0.4) is 0 Å². The molecule has 0 aliphatic carbocycles. The molecule has 9 nitrogen and oxygen atoms in total. The van der Waals surface area contributed by atoms with Crippen molar-refractivity contribution in [1.29, 1.82) is 0 Å². The Hall–Kier alpha value is -3.28. The molecule has 0 saturated heterocycles. The van der Waals surface area contributed by atoms with E-state index in [0.29, 0.717) is 33.4 Å². The Morgan fingerprint density at radius 3 is 2.17 bits per heavy atom. The van der Waals surface area contributed by atoms with E-state index in [9.17, 15) is 21.6 Å². The number of ether oxygens (including phenoxy) is 1. The van der Waals surface area contributed by atoms with Crippen molar-refractivity contribution in [3.63, 3.8) is 0 Å². The largest absolute Gasteiger partial charge is 0.497 e. The van der Waals surface area contributed by atoms with Crippen molar-refractivity contribution < 1.29 is 26.4 Å². The third kappa shape index (κ3) is 6.65. The van der Waals surface area contributed by atoms with Crippen LogP contribution in [-0.2, 0) is 24.8 Å². The normalized spacial score (nSPS) is 11.5. The van der Waals surface area contributed by atoms with Gasteiger partial charge in [-0.2, -0.15) is 0 Å². The summed E-state index contributed by atoms with van der Waals surface area (Å²) in [6.07, 6.45) is 0.999. The highest BCUT2D eigenvalue weighted by Crippen LogP contribution is 2.26. The maximum Gasteiger partial charge on any atom is 0.261 e. The number of benzene rings is 3. The number of nitrogens with one attached hydrogen (secondary N) is 2. The summed E-state index contributed by atoms with van der Waals surface area (Å²) >= 11 is 6.05. The Morgan fingerprint density at radius 1 is 0.971 bits per heavy atom. The summed E-state index contributed by atoms with van der Waals surface area (Å²) in [5, 5.41) is 3.01. The number of halogens is 1. The second-order valence-corrected chi connectivity index (χ2v) is 11.6. The summed E-state index contributed by atoms with van der Waals surface area (Å²) in [6, 6.07) is 16.6. The Kier molecular flexibility index (Phi) is 7.93. The van der Waals surface area contributed by atoms with Crippen LogP contribution in [0.1, 0.15) is 5.56 Å². The molecule has 0 heterocycles. The third-order valence-corrected chi connectivity index (χ3v) is 7.94. The van der Waals surface area contributed by atoms with Gasteiger partial charge in [-0.15, -0.1) is 0 Å². The Labute approximate surface area is 209 Å². The lowest BCUT2D eigenvalue weighted by Gasteiger charge is -2.22. The molecule has 35 heavy (non-hydrogen) atoms. The van der Waals surface area contributed by atoms with E-state index in [4.69, 9.17) is 16.3 Å². The van der Waals surface area contributed by atoms with Gasteiger partial charge in [0.25, 0.3) is 10.0 Å². The van der Waals surface area contributed by atoms with Gasteiger partial charge < -0.3 is 10.1 Å². The zero-order valence-corrected chi connectivity index (χ0v) is 21.5. The third-order valence-electron chi connectivity index (χ3n) is 5.01. The molecule has 0 unspecified atom stereocenters. The summed E-state index contributed by atoms with van der Waals surface area (Å²) in [6.45, 7) is 1.23. The summed E-state index contributed by atoms with van der Waals surface area (Å²) < 4.78 is 58.5. The lowest BCUT2D eigenvalue weighted by atomic mass is 10.2. The van der Waals surface area contributed by atoms with Crippen LogP contribution in [0.25, 0.3) is 0 Å². The Bertz CT molecular complexity index is 1430. The smallest absolute Gasteiger partial charge is 0.261 e. The van der Waals surface area contributed by atoms with Gasteiger partial charge in [0.15, 0.2) is 0 Å².